The summed E-state index contributed by atoms with van der Waals surface area (Å²) in [5.41, 5.74) is 12.3. The Kier molecular flexibility index (Phi) is 4.42. The highest BCUT2D eigenvalue weighted by molar-refractivity contribution is 5.41. The van der Waals surface area contributed by atoms with Crippen LogP contribution in [0.5, 0.6) is 0 Å². The summed E-state index contributed by atoms with van der Waals surface area (Å²) in [6, 6.07) is 8.59. The van der Waals surface area contributed by atoms with Crippen LogP contribution in [0.2, 0.25) is 0 Å². The van der Waals surface area contributed by atoms with Crippen molar-refractivity contribution in [3.8, 4) is 0 Å². The second-order valence-electron chi connectivity index (χ2n) is 5.43. The molecule has 5 N–H and O–H groups in total. The second-order valence-corrected chi connectivity index (χ2v) is 5.43. The minimum Gasteiger partial charge on any atom is -0.384 e. The number of hydrazine groups is 1. The van der Waals surface area contributed by atoms with Gasteiger partial charge in [0.05, 0.1) is 12.2 Å². The molecule has 5 nitrogen and oxygen atoms in total. The third-order valence-corrected chi connectivity index (χ3v) is 3.68. The van der Waals surface area contributed by atoms with E-state index >= 15 is 0 Å². The van der Waals surface area contributed by atoms with Gasteiger partial charge in [0.25, 0.3) is 0 Å². The number of nitrogen functional groups attached to an aromatic ring is 1. The molecule has 108 valence electrons. The lowest BCUT2D eigenvalue weighted by atomic mass is 9.97. The van der Waals surface area contributed by atoms with Gasteiger partial charge in [-0.25, -0.2) is 0 Å². The lowest BCUT2D eigenvalue weighted by Crippen LogP contribution is -2.30. The Labute approximate surface area is 119 Å². The molecule has 1 aromatic heterocycles. The Morgan fingerprint density at radius 1 is 1.25 bits per heavy atom. The van der Waals surface area contributed by atoms with Gasteiger partial charge in [-0.3, -0.25) is 16.0 Å². The van der Waals surface area contributed by atoms with E-state index in [1.54, 1.807) is 10.9 Å². The molecule has 2 rings (SSSR count). The minimum absolute atomic E-state index is 0.0337. The maximum atomic E-state index is 6.00. The van der Waals surface area contributed by atoms with E-state index in [1.807, 2.05) is 7.05 Å². The number of anilines is 1. The van der Waals surface area contributed by atoms with E-state index in [4.69, 9.17) is 11.6 Å². The van der Waals surface area contributed by atoms with E-state index in [1.165, 1.54) is 11.1 Å². The van der Waals surface area contributed by atoms with Gasteiger partial charge in [-0.05, 0) is 23.5 Å². The molecule has 1 unspecified atom stereocenters. The summed E-state index contributed by atoms with van der Waals surface area (Å²) in [4.78, 5) is 0. The Bertz CT molecular complexity index is 556. The van der Waals surface area contributed by atoms with Gasteiger partial charge in [0, 0.05) is 12.6 Å². The number of benzene rings is 1. The molecule has 0 bridgehead atoms. The van der Waals surface area contributed by atoms with Crippen LogP contribution >= 0.6 is 0 Å². The van der Waals surface area contributed by atoms with Crippen molar-refractivity contribution in [2.24, 2.45) is 12.9 Å². The summed E-state index contributed by atoms with van der Waals surface area (Å²) in [6.45, 7) is 4.38. The molecule has 0 fully saturated rings. The number of hydrogen-bond acceptors (Lipinski definition) is 4. The van der Waals surface area contributed by atoms with Crippen molar-refractivity contribution in [3.05, 3.63) is 47.2 Å². The van der Waals surface area contributed by atoms with Crippen LogP contribution in [0.3, 0.4) is 0 Å². The fourth-order valence-corrected chi connectivity index (χ4v) is 2.27. The summed E-state index contributed by atoms with van der Waals surface area (Å²) in [5.74, 6) is 6.85. The van der Waals surface area contributed by atoms with Crippen LogP contribution < -0.4 is 17.0 Å². The maximum absolute atomic E-state index is 6.00. The molecular weight excluding hydrogens is 250 g/mol. The summed E-state index contributed by atoms with van der Waals surface area (Å²) < 4.78 is 1.65. The average molecular weight is 273 g/mol. The highest BCUT2D eigenvalue weighted by atomic mass is 15.3. The van der Waals surface area contributed by atoms with E-state index in [0.29, 0.717) is 11.7 Å². The normalized spacial score (nSPS) is 12.8. The fourth-order valence-electron chi connectivity index (χ4n) is 2.27. The fraction of sp³-hybridized carbons (Fsp3) is 0.400. The highest BCUT2D eigenvalue weighted by Crippen LogP contribution is 2.23. The third-order valence-electron chi connectivity index (χ3n) is 3.68. The largest absolute Gasteiger partial charge is 0.384 e. The summed E-state index contributed by atoms with van der Waals surface area (Å²) in [5, 5.41) is 4.16. The Hall–Kier alpha value is -1.85. The van der Waals surface area contributed by atoms with Crippen LogP contribution in [0.1, 0.15) is 42.5 Å². The quantitative estimate of drug-likeness (QED) is 0.574. The molecule has 0 aliphatic heterocycles. The first kappa shape index (κ1) is 14.6. The first-order valence-corrected chi connectivity index (χ1v) is 6.85. The molecule has 5 heteroatoms. The number of nitrogens with two attached hydrogens (primary N) is 2. The molecule has 20 heavy (non-hydrogen) atoms. The van der Waals surface area contributed by atoms with E-state index in [2.05, 4.69) is 48.6 Å². The topological polar surface area (TPSA) is 81.9 Å². The number of aromatic nitrogens is 2. The van der Waals surface area contributed by atoms with Crippen LogP contribution in [0.25, 0.3) is 0 Å². The third kappa shape index (κ3) is 3.00. The number of nitrogens with zero attached hydrogens (tertiary/aromatic N) is 2. The highest BCUT2D eigenvalue weighted by Gasteiger charge is 2.16. The lowest BCUT2D eigenvalue weighted by Gasteiger charge is -2.16. The molecule has 0 radical (unpaired) electrons. The number of nitrogens with one attached hydrogen (secondary N) is 1. The molecular formula is C15H23N5. The molecule has 1 heterocycles. The Morgan fingerprint density at radius 2 is 1.90 bits per heavy atom. The zero-order valence-corrected chi connectivity index (χ0v) is 12.3. The van der Waals surface area contributed by atoms with E-state index < -0.39 is 0 Å². The zero-order chi connectivity index (χ0) is 14.7. The van der Waals surface area contributed by atoms with Crippen molar-refractivity contribution < 1.29 is 0 Å². The standard InChI is InChI=1S/C15H23N5/c1-10(2)12-6-4-11(5-7-12)8-14(19-17)13-9-18-20(3)15(13)16/h4-7,9-10,14,19H,8,16-17H2,1-3H3. The number of rotatable bonds is 5. The SMILES string of the molecule is CC(C)c1ccc(CC(NN)c2cnn(C)c2N)cc1. The first-order valence-electron chi connectivity index (χ1n) is 6.85. The monoisotopic (exact) mass is 273 g/mol. The van der Waals surface area contributed by atoms with Crippen LogP contribution in [-0.2, 0) is 13.5 Å². The van der Waals surface area contributed by atoms with Crippen molar-refractivity contribution >= 4 is 5.82 Å². The molecule has 1 atom stereocenters. The van der Waals surface area contributed by atoms with Crippen LogP contribution in [0.15, 0.2) is 30.5 Å². The molecule has 2 aromatic rings. The summed E-state index contributed by atoms with van der Waals surface area (Å²) in [7, 11) is 1.82. The number of aryl methyl sites for hydroxylation is 1. The van der Waals surface area contributed by atoms with E-state index in [9.17, 15) is 0 Å². The summed E-state index contributed by atoms with van der Waals surface area (Å²) in [6.07, 6.45) is 2.55. The van der Waals surface area contributed by atoms with Crippen molar-refractivity contribution in [2.75, 3.05) is 5.73 Å². The zero-order valence-electron chi connectivity index (χ0n) is 12.3. The first-order chi connectivity index (χ1) is 9.52. The van der Waals surface area contributed by atoms with E-state index in [-0.39, 0.29) is 6.04 Å². The molecule has 0 aliphatic rings. The molecule has 0 amide bonds. The second kappa shape index (κ2) is 6.07. The van der Waals surface area contributed by atoms with Gasteiger partial charge in [-0.15, -0.1) is 0 Å². The van der Waals surface area contributed by atoms with E-state index in [0.717, 1.165) is 12.0 Å². The smallest absolute Gasteiger partial charge is 0.126 e. The van der Waals surface area contributed by atoms with Gasteiger partial charge < -0.3 is 5.73 Å². The van der Waals surface area contributed by atoms with Gasteiger partial charge >= 0.3 is 0 Å². The average Bonchev–Trinajstić information content (AvgIpc) is 2.77. The molecule has 0 saturated heterocycles. The van der Waals surface area contributed by atoms with Gasteiger partial charge in [-0.1, -0.05) is 38.1 Å². The van der Waals surface area contributed by atoms with Crippen LogP contribution in [0, 0.1) is 0 Å². The van der Waals surface area contributed by atoms with Crippen LogP contribution in [-0.4, -0.2) is 9.78 Å². The predicted octanol–water partition coefficient (Wildman–Crippen LogP) is 1.87. The summed E-state index contributed by atoms with van der Waals surface area (Å²) >= 11 is 0. The van der Waals surface area contributed by atoms with Gasteiger partial charge in [-0.2, -0.15) is 5.10 Å². The lowest BCUT2D eigenvalue weighted by molar-refractivity contribution is 0.553. The van der Waals surface area contributed by atoms with Gasteiger partial charge in [0.1, 0.15) is 5.82 Å². The maximum Gasteiger partial charge on any atom is 0.126 e. The van der Waals surface area contributed by atoms with Gasteiger partial charge in [0.2, 0.25) is 0 Å². The van der Waals surface area contributed by atoms with Crippen molar-refractivity contribution in [1.82, 2.24) is 15.2 Å². The Balaban J connectivity index is 2.16. The number of hydrogen-bond donors (Lipinski definition) is 3. The predicted molar refractivity (Wildman–Crippen MR) is 81.9 cm³/mol. The molecule has 0 spiro atoms. The minimum atomic E-state index is -0.0337. The molecule has 0 aliphatic carbocycles. The Morgan fingerprint density at radius 3 is 2.35 bits per heavy atom. The van der Waals surface area contributed by atoms with Crippen molar-refractivity contribution in [2.45, 2.75) is 32.2 Å². The molecule has 1 aromatic carbocycles. The van der Waals surface area contributed by atoms with Gasteiger partial charge in [0.15, 0.2) is 0 Å². The van der Waals surface area contributed by atoms with Crippen molar-refractivity contribution in [3.63, 3.8) is 0 Å². The van der Waals surface area contributed by atoms with Crippen molar-refractivity contribution in [1.29, 1.82) is 0 Å². The molecule has 0 saturated carbocycles. The van der Waals surface area contributed by atoms with Crippen LogP contribution in [0.4, 0.5) is 5.82 Å².